The van der Waals surface area contributed by atoms with Gasteiger partial charge in [-0.2, -0.15) is 0 Å². The van der Waals surface area contributed by atoms with Gasteiger partial charge in [0.1, 0.15) is 5.58 Å². The molecule has 255 valence electrons. The Morgan fingerprint density at radius 1 is 0.608 bits per heavy atom. The van der Waals surface area contributed by atoms with Gasteiger partial charge in [-0.25, -0.2) is 0 Å². The first-order valence-electron chi connectivity index (χ1n) is 17.2. The third-order valence-corrected chi connectivity index (χ3v) is 13.3. The van der Waals surface area contributed by atoms with Crippen molar-refractivity contribution >= 4 is 39.6 Å². The smallest absolute Gasteiger partial charge is 0 e. The number of aromatic nitrogens is 2. The molecule has 0 aliphatic rings. The van der Waals surface area contributed by atoms with Gasteiger partial charge in [-0.3, -0.25) is 0 Å². The maximum atomic E-state index is 6.44. The monoisotopic (exact) mass is 903 g/mol. The van der Waals surface area contributed by atoms with Gasteiger partial charge >= 0.3 is 99.8 Å². The molecule has 8 rings (SSSR count). The number of rotatable bonds is 6. The quantitative estimate of drug-likeness (QED) is 0.123. The third kappa shape index (κ3) is 8.15. The molecule has 0 amide bonds. The number of hydrogen-bond acceptors (Lipinski definition) is 3. The Balaban J connectivity index is 0.000000222. The molecule has 0 saturated carbocycles. The van der Waals surface area contributed by atoms with E-state index in [9.17, 15) is 0 Å². The Labute approximate surface area is 317 Å². The van der Waals surface area contributed by atoms with Crippen molar-refractivity contribution in [2.45, 2.75) is 37.0 Å². The van der Waals surface area contributed by atoms with E-state index in [1.165, 1.54) is 26.6 Å². The van der Waals surface area contributed by atoms with Crippen LogP contribution in [0.3, 0.4) is 0 Å². The molecule has 1 radical (unpaired) electrons. The molecule has 0 bridgehead atoms. The van der Waals surface area contributed by atoms with Crippen molar-refractivity contribution in [3.05, 3.63) is 164 Å². The number of hydrogen-bond donors (Lipinski definition) is 0. The minimum atomic E-state index is -1.72. The van der Waals surface area contributed by atoms with Crippen molar-refractivity contribution < 1.29 is 24.5 Å². The molecule has 0 aliphatic carbocycles. The van der Waals surface area contributed by atoms with E-state index in [1.807, 2.05) is 48.8 Å². The van der Waals surface area contributed by atoms with Crippen molar-refractivity contribution in [3.63, 3.8) is 0 Å². The summed E-state index contributed by atoms with van der Waals surface area (Å²) in [6.45, 7) is 4.39. The van der Waals surface area contributed by atoms with Gasteiger partial charge in [-0.15, -0.1) is 18.2 Å². The SMILES string of the molecule is CC(C)c1ccnc(-c2[c-]ccc3c2oc2cc(-c4cccc(-c5ccccc5)c4)ccc23)c1.[CH3][Ge]([CH3])([CH3])[c]1ccc(-c2[c-]cccc2)nc1.[Ir]. The summed E-state index contributed by atoms with van der Waals surface area (Å²) in [6, 6.07) is 52.7. The Bertz CT molecular complexity index is 2380. The second-order valence-electron chi connectivity index (χ2n) is 13.9. The van der Waals surface area contributed by atoms with Gasteiger partial charge < -0.3 is 9.40 Å². The first-order valence-corrected chi connectivity index (χ1v) is 24.5. The van der Waals surface area contributed by atoms with Gasteiger partial charge in [0.2, 0.25) is 0 Å². The van der Waals surface area contributed by atoms with Crippen molar-refractivity contribution in [2.75, 3.05) is 0 Å². The van der Waals surface area contributed by atoms with E-state index >= 15 is 0 Å². The molecule has 3 heterocycles. The van der Waals surface area contributed by atoms with Crippen molar-refractivity contribution in [1.82, 2.24) is 9.97 Å². The normalized spacial score (nSPS) is 11.3. The zero-order chi connectivity index (χ0) is 34.7. The largest absolute Gasteiger partial charge is 0 e. The number of benzene rings is 5. The van der Waals surface area contributed by atoms with E-state index in [0.29, 0.717) is 5.92 Å². The van der Waals surface area contributed by atoms with Gasteiger partial charge in [0.25, 0.3) is 0 Å². The maximum Gasteiger partial charge on any atom is 0 e. The topological polar surface area (TPSA) is 38.9 Å². The van der Waals surface area contributed by atoms with E-state index in [4.69, 9.17) is 4.42 Å². The van der Waals surface area contributed by atoms with Crippen molar-refractivity contribution in [1.29, 1.82) is 0 Å². The molecular formula is C46H40GeIrN2O-2. The number of pyridine rings is 2. The summed E-state index contributed by atoms with van der Waals surface area (Å²) < 4.78 is 7.89. The Kier molecular flexibility index (Phi) is 11.2. The summed E-state index contributed by atoms with van der Waals surface area (Å²) >= 11 is -1.72. The molecule has 3 aromatic heterocycles. The van der Waals surface area contributed by atoms with Crippen LogP contribution in [-0.2, 0) is 20.1 Å². The van der Waals surface area contributed by atoms with Crippen molar-refractivity contribution in [3.8, 4) is 44.8 Å². The molecule has 5 aromatic carbocycles. The van der Waals surface area contributed by atoms with Crippen LogP contribution in [0.5, 0.6) is 0 Å². The molecule has 3 nitrogen and oxygen atoms in total. The molecule has 0 saturated heterocycles. The van der Waals surface area contributed by atoms with Gasteiger partial charge in [-0.1, -0.05) is 97.1 Å². The average Bonchev–Trinajstić information content (AvgIpc) is 3.54. The Hall–Kier alpha value is -4.61. The Morgan fingerprint density at radius 2 is 1.35 bits per heavy atom. The maximum absolute atomic E-state index is 6.44. The number of furan rings is 1. The standard InChI is InChI=1S/C32H24NO.C14H16GeN.Ir/c1-21(2)23-16-17-33-30(19-23)29-13-7-12-28-27-15-14-26(20-31(27)34-32(28)29)25-11-6-10-24(18-25)22-8-4-3-5-9-22;1-15(2,3)13-9-10-14(16-11-13)12-7-5-4-6-8-12;/h3-12,14-21H,1-2H3;4-7,9-11H,1-3H3;/q2*-1;. The molecule has 0 fully saturated rings. The fraction of sp³-hybridized carbons (Fsp3) is 0.130. The van der Waals surface area contributed by atoms with Crippen LogP contribution in [-0.4, -0.2) is 23.2 Å². The average molecular weight is 902 g/mol. The minimum absolute atomic E-state index is 0. The van der Waals surface area contributed by atoms with Crippen LogP contribution in [0, 0.1) is 12.1 Å². The molecular weight excluding hydrogens is 861 g/mol. The van der Waals surface area contributed by atoms with Crippen LogP contribution in [0.15, 0.2) is 150 Å². The zero-order valence-corrected chi connectivity index (χ0v) is 34.1. The molecule has 0 N–H and O–H groups in total. The third-order valence-electron chi connectivity index (χ3n) is 9.06. The summed E-state index contributed by atoms with van der Waals surface area (Å²) in [6.07, 6.45) is 3.91. The van der Waals surface area contributed by atoms with Gasteiger partial charge in [0, 0.05) is 31.7 Å². The van der Waals surface area contributed by atoms with Gasteiger partial charge in [0.05, 0.1) is 5.58 Å². The van der Waals surface area contributed by atoms with E-state index in [0.717, 1.165) is 50.0 Å². The zero-order valence-electron chi connectivity index (χ0n) is 29.6. The molecule has 0 atom stereocenters. The van der Waals surface area contributed by atoms with Crippen LogP contribution in [0.2, 0.25) is 17.3 Å². The predicted molar refractivity (Wildman–Crippen MR) is 212 cm³/mol. The van der Waals surface area contributed by atoms with Crippen LogP contribution in [0.1, 0.15) is 25.3 Å². The molecule has 0 aliphatic heterocycles. The van der Waals surface area contributed by atoms with Gasteiger partial charge in [-0.05, 0) is 52.1 Å². The first-order chi connectivity index (χ1) is 24.2. The van der Waals surface area contributed by atoms with E-state index in [1.54, 1.807) is 0 Å². The molecule has 51 heavy (non-hydrogen) atoms. The molecule has 8 aromatic rings. The van der Waals surface area contributed by atoms with Crippen LogP contribution in [0.4, 0.5) is 0 Å². The molecule has 5 heteroatoms. The number of nitrogens with zero attached hydrogens (tertiary/aromatic N) is 2. The number of fused-ring (bicyclic) bond motifs is 3. The van der Waals surface area contributed by atoms with Gasteiger partial charge in [0.15, 0.2) is 0 Å². The summed E-state index contributed by atoms with van der Waals surface area (Å²) in [4.78, 5) is 9.16. The van der Waals surface area contributed by atoms with Crippen molar-refractivity contribution in [2.24, 2.45) is 0 Å². The summed E-state index contributed by atoms with van der Waals surface area (Å²) in [5.41, 5.74) is 11.6. The minimum Gasteiger partial charge on any atom is 0 e. The summed E-state index contributed by atoms with van der Waals surface area (Å²) in [7, 11) is 0. The first kappa shape index (κ1) is 36.2. The summed E-state index contributed by atoms with van der Waals surface area (Å²) in [5.74, 6) is 7.58. The fourth-order valence-electron chi connectivity index (χ4n) is 6.11. The van der Waals surface area contributed by atoms with E-state index < -0.39 is 13.3 Å². The molecule has 0 spiro atoms. The van der Waals surface area contributed by atoms with E-state index in [-0.39, 0.29) is 20.1 Å². The van der Waals surface area contributed by atoms with Crippen LogP contribution >= 0.6 is 0 Å². The van der Waals surface area contributed by atoms with E-state index in [2.05, 4.69) is 150 Å². The fourth-order valence-corrected chi connectivity index (χ4v) is 8.28. The van der Waals surface area contributed by atoms with Crippen LogP contribution in [0.25, 0.3) is 66.7 Å². The Morgan fingerprint density at radius 3 is 2.06 bits per heavy atom. The predicted octanol–water partition coefficient (Wildman–Crippen LogP) is 12.0. The summed E-state index contributed by atoms with van der Waals surface area (Å²) in [5, 5.41) is 2.19. The molecule has 0 unspecified atom stereocenters. The second kappa shape index (κ2) is 15.7. The van der Waals surface area contributed by atoms with Crippen LogP contribution < -0.4 is 4.40 Å². The second-order valence-corrected chi connectivity index (χ2v) is 24.6.